The predicted octanol–water partition coefficient (Wildman–Crippen LogP) is 1.33. The summed E-state index contributed by atoms with van der Waals surface area (Å²) in [6.45, 7) is 0. The first-order valence-corrected chi connectivity index (χ1v) is 5.96. The van der Waals surface area contributed by atoms with Crippen molar-refractivity contribution >= 4 is 11.9 Å². The van der Waals surface area contributed by atoms with Gasteiger partial charge in [0.05, 0.1) is 6.04 Å². The van der Waals surface area contributed by atoms with Gasteiger partial charge in [0.1, 0.15) is 0 Å². The van der Waals surface area contributed by atoms with Crippen LogP contribution in [0.4, 0.5) is 19.1 Å². The fourth-order valence-corrected chi connectivity index (χ4v) is 1.61. The molecule has 1 aromatic heterocycles. The molecule has 1 heterocycles. The quantitative estimate of drug-likeness (QED) is 0.793. The van der Waals surface area contributed by atoms with Gasteiger partial charge in [-0.05, 0) is 12.0 Å². The summed E-state index contributed by atoms with van der Waals surface area (Å²) in [5.74, 6) is -2.41. The van der Waals surface area contributed by atoms with Gasteiger partial charge in [0.2, 0.25) is 17.7 Å². The number of anilines is 1. The number of hydrogen-bond acceptors (Lipinski definition) is 4. The Labute approximate surface area is 117 Å². The van der Waals surface area contributed by atoms with Crippen molar-refractivity contribution in [3.8, 4) is 0 Å². The average Bonchev–Trinajstić information content (AvgIpc) is 2.88. The fourth-order valence-electron chi connectivity index (χ4n) is 1.61. The number of benzene rings is 1. The molecule has 4 N–H and O–H groups in total. The van der Waals surface area contributed by atoms with E-state index in [9.17, 15) is 18.0 Å². The van der Waals surface area contributed by atoms with Crippen molar-refractivity contribution in [1.82, 2.24) is 15.2 Å². The highest BCUT2D eigenvalue weighted by Crippen LogP contribution is 2.26. The summed E-state index contributed by atoms with van der Waals surface area (Å²) in [5.41, 5.74) is 6.53. The third-order valence-corrected chi connectivity index (χ3v) is 2.62. The molecule has 112 valence electrons. The van der Waals surface area contributed by atoms with Gasteiger partial charge >= 0.3 is 6.18 Å². The van der Waals surface area contributed by atoms with Gasteiger partial charge in [-0.3, -0.25) is 15.2 Å². The number of amides is 1. The maximum absolute atomic E-state index is 12.3. The molecule has 2 aromatic rings. The number of nitrogens with two attached hydrogens (primary N) is 1. The topological polar surface area (TPSA) is 96.7 Å². The molecule has 0 saturated carbocycles. The summed E-state index contributed by atoms with van der Waals surface area (Å²) in [4.78, 5) is 14.9. The Morgan fingerprint density at radius 1 is 1.33 bits per heavy atom. The summed E-state index contributed by atoms with van der Waals surface area (Å²) in [6.07, 6.45) is -4.40. The molecular weight excluding hydrogens is 287 g/mol. The number of aromatic amines is 1. The van der Waals surface area contributed by atoms with Crippen LogP contribution in [0.2, 0.25) is 0 Å². The highest BCUT2D eigenvalue weighted by Gasteiger charge is 2.35. The Hall–Kier alpha value is -2.42. The van der Waals surface area contributed by atoms with Crippen LogP contribution in [0.25, 0.3) is 0 Å². The minimum absolute atomic E-state index is 0.253. The maximum atomic E-state index is 12.3. The number of carbonyl (C=O) groups excluding carboxylic acids is 1. The second kappa shape index (κ2) is 5.92. The molecule has 9 heteroatoms. The molecule has 0 bridgehead atoms. The number of alkyl halides is 3. The van der Waals surface area contributed by atoms with Crippen LogP contribution in [0.3, 0.4) is 0 Å². The zero-order valence-electron chi connectivity index (χ0n) is 10.7. The van der Waals surface area contributed by atoms with E-state index in [4.69, 9.17) is 5.73 Å². The van der Waals surface area contributed by atoms with Gasteiger partial charge in [-0.15, -0.1) is 5.10 Å². The summed E-state index contributed by atoms with van der Waals surface area (Å²) in [7, 11) is 0. The van der Waals surface area contributed by atoms with Crippen molar-refractivity contribution in [1.29, 1.82) is 0 Å². The summed E-state index contributed by atoms with van der Waals surface area (Å²) in [6, 6.07) is 8.08. The number of nitrogens with one attached hydrogen (secondary N) is 2. The molecule has 1 aromatic carbocycles. The van der Waals surface area contributed by atoms with E-state index in [0.717, 1.165) is 5.56 Å². The van der Waals surface area contributed by atoms with Gasteiger partial charge in [0, 0.05) is 0 Å². The third kappa shape index (κ3) is 4.02. The minimum Gasteiger partial charge on any atom is -0.320 e. The smallest absolute Gasteiger partial charge is 0.320 e. The van der Waals surface area contributed by atoms with Crippen LogP contribution >= 0.6 is 0 Å². The van der Waals surface area contributed by atoms with E-state index in [-0.39, 0.29) is 6.42 Å². The molecule has 1 atom stereocenters. The van der Waals surface area contributed by atoms with E-state index < -0.39 is 29.9 Å². The highest BCUT2D eigenvalue weighted by molar-refractivity contribution is 5.93. The molecule has 21 heavy (non-hydrogen) atoms. The molecule has 1 unspecified atom stereocenters. The van der Waals surface area contributed by atoms with Gasteiger partial charge in [-0.2, -0.15) is 18.2 Å². The van der Waals surface area contributed by atoms with E-state index in [2.05, 4.69) is 15.4 Å². The van der Waals surface area contributed by atoms with Crippen molar-refractivity contribution in [2.24, 2.45) is 5.73 Å². The fraction of sp³-hybridized carbons (Fsp3) is 0.250. The van der Waals surface area contributed by atoms with Crippen LogP contribution in [0.5, 0.6) is 0 Å². The van der Waals surface area contributed by atoms with Crippen molar-refractivity contribution in [2.75, 3.05) is 5.32 Å². The molecule has 0 aliphatic rings. The monoisotopic (exact) mass is 299 g/mol. The summed E-state index contributed by atoms with van der Waals surface area (Å²) < 4.78 is 36.9. The first-order chi connectivity index (χ1) is 9.86. The number of rotatable bonds is 4. The Balaban J connectivity index is 1.96. The third-order valence-electron chi connectivity index (χ3n) is 2.62. The number of hydrogen-bond donors (Lipinski definition) is 3. The number of carbonyl (C=O) groups is 1. The molecule has 0 radical (unpaired) electrons. The van der Waals surface area contributed by atoms with Crippen molar-refractivity contribution in [2.45, 2.75) is 18.6 Å². The van der Waals surface area contributed by atoms with Gasteiger partial charge in [0.15, 0.2) is 0 Å². The van der Waals surface area contributed by atoms with Gasteiger partial charge in [-0.1, -0.05) is 30.3 Å². The Kier molecular flexibility index (Phi) is 4.22. The number of aromatic nitrogens is 3. The first kappa shape index (κ1) is 15.0. The first-order valence-electron chi connectivity index (χ1n) is 5.96. The predicted molar refractivity (Wildman–Crippen MR) is 68.1 cm³/mol. The standard InChI is InChI=1S/C12H12F3N5O/c13-12(14,15)10-18-11(20-19-10)17-9(21)8(16)6-7-4-2-1-3-5-7/h1-5,8H,6,16H2,(H2,17,18,19,20,21). The molecule has 0 aliphatic carbocycles. The van der Waals surface area contributed by atoms with Crippen LogP contribution in [0.1, 0.15) is 11.4 Å². The van der Waals surface area contributed by atoms with Crippen LogP contribution in [-0.4, -0.2) is 27.1 Å². The molecule has 0 fully saturated rings. The second-order valence-corrected chi connectivity index (χ2v) is 4.29. The van der Waals surface area contributed by atoms with Crippen molar-refractivity contribution < 1.29 is 18.0 Å². The van der Waals surface area contributed by atoms with E-state index in [1.807, 2.05) is 6.07 Å². The lowest BCUT2D eigenvalue weighted by Gasteiger charge is -2.10. The normalized spacial score (nSPS) is 13.0. The van der Waals surface area contributed by atoms with E-state index in [1.165, 1.54) is 0 Å². The van der Waals surface area contributed by atoms with Gasteiger partial charge in [-0.25, -0.2) is 0 Å². The van der Waals surface area contributed by atoms with Gasteiger partial charge < -0.3 is 5.73 Å². The molecule has 6 nitrogen and oxygen atoms in total. The van der Waals surface area contributed by atoms with Crippen LogP contribution < -0.4 is 11.1 Å². The Morgan fingerprint density at radius 2 is 2.00 bits per heavy atom. The molecule has 1 amide bonds. The molecule has 0 spiro atoms. The zero-order valence-corrected chi connectivity index (χ0v) is 10.7. The van der Waals surface area contributed by atoms with Crippen molar-refractivity contribution in [3.05, 3.63) is 41.7 Å². The van der Waals surface area contributed by atoms with E-state index >= 15 is 0 Å². The van der Waals surface area contributed by atoms with Crippen LogP contribution in [0, 0.1) is 0 Å². The lowest BCUT2D eigenvalue weighted by molar-refractivity contribution is -0.144. The molecular formula is C12H12F3N5O. The summed E-state index contributed by atoms with van der Waals surface area (Å²) in [5, 5.41) is 7.10. The van der Waals surface area contributed by atoms with Gasteiger partial charge in [0.25, 0.3) is 0 Å². The number of nitrogens with zero attached hydrogens (tertiary/aromatic N) is 2. The minimum atomic E-state index is -4.65. The van der Waals surface area contributed by atoms with E-state index in [1.54, 1.807) is 29.4 Å². The van der Waals surface area contributed by atoms with Crippen molar-refractivity contribution in [3.63, 3.8) is 0 Å². The molecule has 0 saturated heterocycles. The lowest BCUT2D eigenvalue weighted by Crippen LogP contribution is -2.37. The Bertz CT molecular complexity index is 611. The highest BCUT2D eigenvalue weighted by atomic mass is 19.4. The molecule has 2 rings (SSSR count). The Morgan fingerprint density at radius 3 is 2.57 bits per heavy atom. The number of halogens is 3. The zero-order chi connectivity index (χ0) is 15.5. The lowest BCUT2D eigenvalue weighted by atomic mass is 10.1. The van der Waals surface area contributed by atoms with E-state index in [0.29, 0.717) is 0 Å². The number of H-pyrrole nitrogens is 1. The maximum Gasteiger partial charge on any atom is 0.451 e. The summed E-state index contributed by atoms with van der Waals surface area (Å²) >= 11 is 0. The second-order valence-electron chi connectivity index (χ2n) is 4.29. The molecule has 0 aliphatic heterocycles. The largest absolute Gasteiger partial charge is 0.451 e. The SMILES string of the molecule is NC(Cc1ccccc1)C(=O)Nc1n[nH]c(C(F)(F)F)n1. The van der Waals surface area contributed by atoms with Crippen LogP contribution in [0.15, 0.2) is 30.3 Å². The average molecular weight is 299 g/mol. The van der Waals surface area contributed by atoms with Crippen LogP contribution in [-0.2, 0) is 17.4 Å².